The highest BCUT2D eigenvalue weighted by atomic mass is 79.9. The van der Waals surface area contributed by atoms with Crippen LogP contribution in [0.5, 0.6) is 0 Å². The van der Waals surface area contributed by atoms with Crippen molar-refractivity contribution in [2.24, 2.45) is 5.92 Å². The quantitative estimate of drug-likeness (QED) is 0.676. The highest BCUT2D eigenvalue weighted by Gasteiger charge is 2.19. The zero-order chi connectivity index (χ0) is 19.0. The minimum absolute atomic E-state index is 0.195. The number of aromatic nitrogens is 3. The summed E-state index contributed by atoms with van der Waals surface area (Å²) in [5, 5.41) is 2.94. The second kappa shape index (κ2) is 7.31. The molecule has 0 aliphatic carbocycles. The molecular formula is C20H22BrN5O. The third-order valence-electron chi connectivity index (χ3n) is 5.09. The number of carbonyl (C=O) groups excluding carboxylic acids is 1. The molecule has 6 nitrogen and oxygen atoms in total. The first-order valence-corrected chi connectivity index (χ1v) is 9.97. The van der Waals surface area contributed by atoms with E-state index >= 15 is 0 Å². The highest BCUT2D eigenvalue weighted by Crippen LogP contribution is 2.23. The molecule has 1 amide bonds. The van der Waals surface area contributed by atoms with Crippen molar-refractivity contribution in [3.8, 4) is 0 Å². The summed E-state index contributed by atoms with van der Waals surface area (Å²) in [4.78, 5) is 24.1. The minimum atomic E-state index is -0.195. The Bertz CT molecular complexity index is 974. The van der Waals surface area contributed by atoms with Crippen LogP contribution in [0.1, 0.15) is 35.9 Å². The number of fused-ring (bicyclic) bond motifs is 1. The van der Waals surface area contributed by atoms with Crippen LogP contribution in [0.4, 0.5) is 11.5 Å². The fourth-order valence-corrected chi connectivity index (χ4v) is 3.82. The lowest BCUT2D eigenvalue weighted by atomic mass is 9.99. The largest absolute Gasteiger partial charge is 0.357 e. The lowest BCUT2D eigenvalue weighted by Gasteiger charge is -2.31. The molecule has 3 aromatic rings. The van der Waals surface area contributed by atoms with Gasteiger partial charge in [0.1, 0.15) is 17.2 Å². The van der Waals surface area contributed by atoms with Gasteiger partial charge in [-0.3, -0.25) is 9.20 Å². The second-order valence-electron chi connectivity index (χ2n) is 7.15. The molecule has 27 heavy (non-hydrogen) atoms. The summed E-state index contributed by atoms with van der Waals surface area (Å²) in [6.45, 7) is 6.21. The third-order valence-corrected chi connectivity index (χ3v) is 5.55. The van der Waals surface area contributed by atoms with Gasteiger partial charge in [0.2, 0.25) is 0 Å². The van der Waals surface area contributed by atoms with Crippen molar-refractivity contribution in [3.63, 3.8) is 0 Å². The monoisotopic (exact) mass is 427 g/mol. The molecule has 0 saturated carbocycles. The number of aryl methyl sites for hydroxylation is 1. The van der Waals surface area contributed by atoms with Gasteiger partial charge in [0.25, 0.3) is 5.91 Å². The Balaban J connectivity index is 1.52. The molecule has 1 aliphatic heterocycles. The van der Waals surface area contributed by atoms with E-state index in [0.717, 1.165) is 34.9 Å². The lowest BCUT2D eigenvalue weighted by molar-refractivity contribution is 0.102. The summed E-state index contributed by atoms with van der Waals surface area (Å²) in [5.41, 5.74) is 2.64. The van der Waals surface area contributed by atoms with E-state index in [1.807, 2.05) is 37.4 Å². The van der Waals surface area contributed by atoms with E-state index in [4.69, 9.17) is 0 Å². The van der Waals surface area contributed by atoms with Crippen LogP contribution in [0.25, 0.3) is 5.65 Å². The molecule has 7 heteroatoms. The van der Waals surface area contributed by atoms with Crippen molar-refractivity contribution in [1.29, 1.82) is 0 Å². The molecule has 0 atom stereocenters. The average Bonchev–Trinajstić information content (AvgIpc) is 2.98. The first kappa shape index (κ1) is 18.0. The summed E-state index contributed by atoms with van der Waals surface area (Å²) in [6.07, 6.45) is 5.97. The van der Waals surface area contributed by atoms with E-state index in [0.29, 0.717) is 17.1 Å². The van der Waals surface area contributed by atoms with E-state index in [-0.39, 0.29) is 5.91 Å². The molecule has 1 aliphatic rings. The van der Waals surface area contributed by atoms with Crippen LogP contribution in [-0.2, 0) is 0 Å². The number of rotatable bonds is 3. The number of halogens is 1. The summed E-state index contributed by atoms with van der Waals surface area (Å²) in [6, 6.07) is 7.67. The molecule has 4 heterocycles. The van der Waals surface area contributed by atoms with Crippen LogP contribution in [0.2, 0.25) is 0 Å². The van der Waals surface area contributed by atoms with Gasteiger partial charge in [-0.2, -0.15) is 0 Å². The number of hydrogen-bond acceptors (Lipinski definition) is 4. The Kier molecular flexibility index (Phi) is 4.86. The molecule has 4 rings (SSSR count). The molecule has 0 radical (unpaired) electrons. The maximum Gasteiger partial charge on any atom is 0.274 e. The van der Waals surface area contributed by atoms with Gasteiger partial charge >= 0.3 is 0 Å². The van der Waals surface area contributed by atoms with Crippen molar-refractivity contribution in [1.82, 2.24) is 14.4 Å². The second-order valence-corrected chi connectivity index (χ2v) is 8.07. The Morgan fingerprint density at radius 2 is 2.00 bits per heavy atom. The van der Waals surface area contributed by atoms with Crippen LogP contribution in [-0.4, -0.2) is 33.4 Å². The SMILES string of the molecule is Cc1nc2ccc(Br)cn2c1C(=O)Nc1ccc(N2CCC(C)CC2)nc1. The fraction of sp³-hybridized carbons (Fsp3) is 0.350. The molecular weight excluding hydrogens is 406 g/mol. The molecule has 140 valence electrons. The number of carbonyl (C=O) groups is 1. The van der Waals surface area contributed by atoms with Gasteiger partial charge in [-0.25, -0.2) is 9.97 Å². The Hall–Kier alpha value is -2.41. The number of pyridine rings is 2. The van der Waals surface area contributed by atoms with Crippen molar-refractivity contribution >= 4 is 39.0 Å². The normalized spacial score (nSPS) is 15.3. The number of amides is 1. The Morgan fingerprint density at radius 3 is 2.70 bits per heavy atom. The number of piperidine rings is 1. The van der Waals surface area contributed by atoms with Gasteiger partial charge < -0.3 is 10.2 Å². The van der Waals surface area contributed by atoms with E-state index in [1.54, 1.807) is 10.6 Å². The number of hydrogen-bond donors (Lipinski definition) is 1. The fourth-order valence-electron chi connectivity index (χ4n) is 3.49. The smallest absolute Gasteiger partial charge is 0.274 e. The van der Waals surface area contributed by atoms with Crippen LogP contribution in [0, 0.1) is 12.8 Å². The van der Waals surface area contributed by atoms with Gasteiger partial charge in [-0.05, 0) is 65.9 Å². The molecule has 1 fully saturated rings. The topological polar surface area (TPSA) is 62.5 Å². The summed E-state index contributed by atoms with van der Waals surface area (Å²) in [7, 11) is 0. The van der Waals surface area contributed by atoms with E-state index in [2.05, 4.69) is 43.0 Å². The van der Waals surface area contributed by atoms with Crippen LogP contribution < -0.4 is 10.2 Å². The van der Waals surface area contributed by atoms with Gasteiger partial charge in [-0.1, -0.05) is 6.92 Å². The van der Waals surface area contributed by atoms with Crippen molar-refractivity contribution in [3.05, 3.63) is 52.5 Å². The standard InChI is InChI=1S/C20H22BrN5O/c1-13-7-9-25(10-8-13)17-6-4-16(11-22-17)24-20(27)19-14(2)23-18-5-3-15(21)12-26(18)19/h3-6,11-13H,7-10H2,1-2H3,(H,24,27). The first-order chi connectivity index (χ1) is 13.0. The summed E-state index contributed by atoms with van der Waals surface area (Å²) < 4.78 is 2.69. The number of anilines is 2. The Morgan fingerprint density at radius 1 is 1.22 bits per heavy atom. The lowest BCUT2D eigenvalue weighted by Crippen LogP contribution is -2.33. The molecule has 0 unspecified atom stereocenters. The number of nitrogens with one attached hydrogen (secondary N) is 1. The number of imidazole rings is 1. The Labute approximate surface area is 166 Å². The van der Waals surface area contributed by atoms with Gasteiger partial charge in [0.15, 0.2) is 0 Å². The van der Waals surface area contributed by atoms with Crippen molar-refractivity contribution in [2.45, 2.75) is 26.7 Å². The number of nitrogens with zero attached hydrogens (tertiary/aromatic N) is 4. The van der Waals surface area contributed by atoms with E-state index in [1.165, 1.54) is 12.8 Å². The van der Waals surface area contributed by atoms with Gasteiger partial charge in [-0.15, -0.1) is 0 Å². The predicted octanol–water partition coefficient (Wildman–Crippen LogP) is 4.29. The van der Waals surface area contributed by atoms with E-state index < -0.39 is 0 Å². The van der Waals surface area contributed by atoms with Gasteiger partial charge in [0.05, 0.1) is 17.6 Å². The van der Waals surface area contributed by atoms with Gasteiger partial charge in [0, 0.05) is 23.8 Å². The van der Waals surface area contributed by atoms with E-state index in [9.17, 15) is 4.79 Å². The highest BCUT2D eigenvalue weighted by molar-refractivity contribution is 9.10. The third kappa shape index (κ3) is 3.69. The molecule has 0 spiro atoms. The van der Waals surface area contributed by atoms with Crippen molar-refractivity contribution in [2.75, 3.05) is 23.3 Å². The zero-order valence-corrected chi connectivity index (χ0v) is 17.0. The molecule has 3 aromatic heterocycles. The zero-order valence-electron chi connectivity index (χ0n) is 15.4. The molecule has 0 bridgehead atoms. The minimum Gasteiger partial charge on any atom is -0.357 e. The molecule has 1 N–H and O–H groups in total. The summed E-state index contributed by atoms with van der Waals surface area (Å²) >= 11 is 3.45. The average molecular weight is 428 g/mol. The molecule has 0 aromatic carbocycles. The van der Waals surface area contributed by atoms with Crippen LogP contribution >= 0.6 is 15.9 Å². The maximum atomic E-state index is 12.8. The van der Waals surface area contributed by atoms with Crippen molar-refractivity contribution < 1.29 is 4.79 Å². The van der Waals surface area contributed by atoms with Crippen LogP contribution in [0.3, 0.4) is 0 Å². The maximum absolute atomic E-state index is 12.8. The molecule has 1 saturated heterocycles. The summed E-state index contributed by atoms with van der Waals surface area (Å²) in [5.74, 6) is 1.56. The predicted molar refractivity (Wildman–Crippen MR) is 110 cm³/mol. The van der Waals surface area contributed by atoms with Crippen LogP contribution in [0.15, 0.2) is 41.1 Å². The first-order valence-electron chi connectivity index (χ1n) is 9.18.